The van der Waals surface area contributed by atoms with Gasteiger partial charge in [0.2, 0.25) is 11.7 Å². The molecule has 0 unspecified atom stereocenters. The van der Waals surface area contributed by atoms with Gasteiger partial charge in [0.25, 0.3) is 0 Å². The van der Waals surface area contributed by atoms with Crippen molar-refractivity contribution in [3.05, 3.63) is 41.5 Å². The number of pyridine rings is 1. The number of nitrogens with zero attached hydrogens (tertiary/aromatic N) is 4. The Kier molecular flexibility index (Phi) is 5.96. The molecule has 0 aliphatic carbocycles. The highest BCUT2D eigenvalue weighted by atomic mass is 16.5. The number of carboxylic acid groups (broad SMARTS) is 1. The summed E-state index contributed by atoms with van der Waals surface area (Å²) in [6.45, 7) is 8.95. The topological polar surface area (TPSA) is 85.3 Å². The second kappa shape index (κ2) is 8.27. The van der Waals surface area contributed by atoms with Crippen LogP contribution in [-0.4, -0.2) is 37.7 Å². The number of aryl methyl sites for hydroxylation is 2. The van der Waals surface area contributed by atoms with E-state index in [1.165, 1.54) is 4.90 Å². The fourth-order valence-electron chi connectivity index (χ4n) is 3.81. The van der Waals surface area contributed by atoms with E-state index in [4.69, 9.17) is 4.98 Å². The largest absolute Gasteiger partial charge is 0.618 e. The van der Waals surface area contributed by atoms with Crippen molar-refractivity contribution in [1.29, 1.82) is 0 Å². The minimum Gasteiger partial charge on any atom is -0.618 e. The van der Waals surface area contributed by atoms with Crippen molar-refractivity contribution in [2.24, 2.45) is 0 Å². The molecule has 7 nitrogen and oxygen atoms in total. The number of carbonyl (C=O) groups is 1. The molecule has 0 spiro atoms. The predicted molar refractivity (Wildman–Crippen MR) is 114 cm³/mol. The average Bonchev–Trinajstić information content (AvgIpc) is 2.99. The Bertz CT molecular complexity index is 1020. The third-order valence-electron chi connectivity index (χ3n) is 5.27. The molecule has 3 rings (SSSR count). The van der Waals surface area contributed by atoms with Crippen LogP contribution in [-0.2, 0) is 13.0 Å². The summed E-state index contributed by atoms with van der Waals surface area (Å²) in [5, 5.41) is 22.8. The van der Waals surface area contributed by atoms with Crippen molar-refractivity contribution in [2.75, 3.05) is 6.54 Å². The molecule has 0 saturated carbocycles. The van der Waals surface area contributed by atoms with Crippen LogP contribution >= 0.6 is 0 Å². The molecule has 0 atom stereocenters. The Morgan fingerprint density at radius 1 is 1.28 bits per heavy atom. The molecule has 2 heterocycles. The molecule has 0 saturated heterocycles. The maximum Gasteiger partial charge on any atom is 0.407 e. The van der Waals surface area contributed by atoms with Gasteiger partial charge in [0.05, 0.1) is 10.9 Å². The van der Waals surface area contributed by atoms with Crippen LogP contribution in [0.2, 0.25) is 0 Å². The summed E-state index contributed by atoms with van der Waals surface area (Å²) >= 11 is 0. The van der Waals surface area contributed by atoms with Crippen LogP contribution in [0.1, 0.15) is 52.8 Å². The normalized spacial score (nSPS) is 12.0. The molecule has 29 heavy (non-hydrogen) atoms. The van der Waals surface area contributed by atoms with Crippen molar-refractivity contribution in [1.82, 2.24) is 14.5 Å². The summed E-state index contributed by atoms with van der Waals surface area (Å²) in [7, 11) is 0. The molecule has 0 fully saturated rings. The molecule has 7 heteroatoms. The lowest BCUT2D eigenvalue weighted by molar-refractivity contribution is -0.575. The van der Waals surface area contributed by atoms with Gasteiger partial charge in [0, 0.05) is 31.1 Å². The van der Waals surface area contributed by atoms with E-state index in [2.05, 4.69) is 11.5 Å². The summed E-state index contributed by atoms with van der Waals surface area (Å²) in [5.41, 5.74) is 1.81. The Hall–Kier alpha value is -2.83. The summed E-state index contributed by atoms with van der Waals surface area (Å²) < 4.78 is 3.06. The van der Waals surface area contributed by atoms with Gasteiger partial charge in [-0.1, -0.05) is 25.5 Å². The number of fused-ring (bicyclic) bond motifs is 3. The monoisotopic (exact) mass is 398 g/mol. The molecule has 0 aliphatic rings. The number of hydrogen-bond donors (Lipinski definition) is 1. The van der Waals surface area contributed by atoms with Gasteiger partial charge in [-0.2, -0.15) is 4.73 Å². The van der Waals surface area contributed by atoms with E-state index in [0.717, 1.165) is 40.7 Å². The van der Waals surface area contributed by atoms with Crippen molar-refractivity contribution in [3.8, 4) is 0 Å². The number of imidazole rings is 1. The number of aromatic nitrogens is 3. The number of amides is 1. The first-order valence-corrected chi connectivity index (χ1v) is 10.2. The molecule has 3 aromatic rings. The highest BCUT2D eigenvalue weighted by Gasteiger charge is 2.26. The van der Waals surface area contributed by atoms with Crippen molar-refractivity contribution in [3.63, 3.8) is 0 Å². The van der Waals surface area contributed by atoms with Gasteiger partial charge in [-0.05, 0) is 39.7 Å². The quantitative estimate of drug-likeness (QED) is 0.474. The van der Waals surface area contributed by atoms with E-state index in [-0.39, 0.29) is 0 Å². The highest BCUT2D eigenvalue weighted by molar-refractivity contribution is 6.00. The summed E-state index contributed by atoms with van der Waals surface area (Å²) in [6.07, 6.45) is 4.22. The van der Waals surface area contributed by atoms with Gasteiger partial charge in [0.1, 0.15) is 5.82 Å². The molecular weight excluding hydrogens is 368 g/mol. The van der Waals surface area contributed by atoms with Crippen molar-refractivity contribution < 1.29 is 14.6 Å². The molecule has 0 radical (unpaired) electrons. The van der Waals surface area contributed by atoms with Crippen molar-refractivity contribution in [2.45, 2.75) is 65.5 Å². The fourth-order valence-corrected chi connectivity index (χ4v) is 3.81. The Morgan fingerprint density at radius 3 is 2.66 bits per heavy atom. The standard InChI is InChI=1S/C22H30N4O3/c1-5-6-12-19-23-17-15-26(29)18-11-8-7-10-16(18)20(17)24(19)13-9-14-25(21(27)28)22(2,3)4/h7-8,10-11,15H,5-6,9,12-14H2,1-4H3,(H,27,28). The van der Waals surface area contributed by atoms with Crippen molar-refractivity contribution >= 4 is 28.0 Å². The van der Waals surface area contributed by atoms with Crippen LogP contribution in [0.15, 0.2) is 30.5 Å². The van der Waals surface area contributed by atoms with Gasteiger partial charge < -0.3 is 19.8 Å². The Labute approximate surface area is 171 Å². The Balaban J connectivity index is 2.00. The van der Waals surface area contributed by atoms with E-state index >= 15 is 0 Å². The minimum absolute atomic E-state index is 0.443. The van der Waals surface area contributed by atoms with Gasteiger partial charge in [-0.25, -0.2) is 9.78 Å². The highest BCUT2D eigenvalue weighted by Crippen LogP contribution is 2.25. The zero-order valence-electron chi connectivity index (χ0n) is 17.7. The first kappa shape index (κ1) is 20.9. The average molecular weight is 399 g/mol. The fraction of sp³-hybridized carbons (Fsp3) is 0.500. The molecular formula is C22H30N4O3. The smallest absolute Gasteiger partial charge is 0.407 e. The van der Waals surface area contributed by atoms with Crippen LogP contribution in [0.3, 0.4) is 0 Å². The van der Waals surface area contributed by atoms with Gasteiger partial charge in [-0.15, -0.1) is 0 Å². The summed E-state index contributed by atoms with van der Waals surface area (Å²) in [4.78, 5) is 17.9. The maximum atomic E-state index is 12.4. The number of benzene rings is 1. The number of rotatable bonds is 7. The molecule has 0 bridgehead atoms. The minimum atomic E-state index is -0.906. The second-order valence-corrected chi connectivity index (χ2v) is 8.45. The zero-order valence-corrected chi connectivity index (χ0v) is 17.7. The van der Waals surface area contributed by atoms with Crippen LogP contribution < -0.4 is 4.73 Å². The van der Waals surface area contributed by atoms with E-state index in [1.807, 2.05) is 45.0 Å². The van der Waals surface area contributed by atoms with Crippen LogP contribution in [0.4, 0.5) is 4.79 Å². The second-order valence-electron chi connectivity index (χ2n) is 8.45. The van der Waals surface area contributed by atoms with E-state index in [1.54, 1.807) is 6.20 Å². The third kappa shape index (κ3) is 4.28. The van der Waals surface area contributed by atoms with E-state index in [0.29, 0.717) is 30.5 Å². The van der Waals surface area contributed by atoms with Crippen LogP contribution in [0, 0.1) is 5.21 Å². The zero-order chi connectivity index (χ0) is 21.2. The molecule has 1 amide bonds. The van der Waals surface area contributed by atoms with Crippen LogP contribution in [0.5, 0.6) is 0 Å². The van der Waals surface area contributed by atoms with Gasteiger partial charge >= 0.3 is 6.09 Å². The summed E-state index contributed by atoms with van der Waals surface area (Å²) in [6, 6.07) is 7.55. The van der Waals surface area contributed by atoms with Crippen LogP contribution in [0.25, 0.3) is 21.9 Å². The number of para-hydroxylation sites is 1. The summed E-state index contributed by atoms with van der Waals surface area (Å²) in [5.74, 6) is 0.954. The lowest BCUT2D eigenvalue weighted by atomic mass is 10.1. The molecule has 0 aliphatic heterocycles. The Morgan fingerprint density at radius 2 is 2.00 bits per heavy atom. The SMILES string of the molecule is CCCCc1nc2c[n+]([O-])c3ccccc3c2n1CCCN(C(=O)O)C(C)(C)C. The first-order valence-electron chi connectivity index (χ1n) is 10.2. The maximum absolute atomic E-state index is 12.4. The lowest BCUT2D eigenvalue weighted by Gasteiger charge is -2.33. The molecule has 156 valence electrons. The van der Waals surface area contributed by atoms with Gasteiger partial charge in [0.15, 0.2) is 5.52 Å². The lowest BCUT2D eigenvalue weighted by Crippen LogP contribution is -2.45. The number of hydrogen-bond acceptors (Lipinski definition) is 3. The van der Waals surface area contributed by atoms with Gasteiger partial charge in [-0.3, -0.25) is 0 Å². The predicted octanol–water partition coefficient (Wildman–Crippen LogP) is 4.33. The third-order valence-corrected chi connectivity index (χ3v) is 5.27. The number of unbranched alkanes of at least 4 members (excludes halogenated alkanes) is 1. The molecule has 1 aromatic carbocycles. The molecule has 2 aromatic heterocycles. The molecule has 1 N–H and O–H groups in total. The van der Waals surface area contributed by atoms with E-state index < -0.39 is 11.6 Å². The van der Waals surface area contributed by atoms with E-state index in [9.17, 15) is 15.1 Å². The first-order chi connectivity index (χ1) is 13.7.